The number of amides is 1. The molecule has 1 unspecified atom stereocenters. The number of aryl methyl sites for hydroxylation is 2. The van der Waals surface area contributed by atoms with Gasteiger partial charge in [-0.2, -0.15) is 5.10 Å². The molecule has 0 bridgehead atoms. The highest BCUT2D eigenvalue weighted by atomic mass is 32.1. The number of nitrogens with zero attached hydrogens (tertiary/aromatic N) is 2. The standard InChI is InChI=1S/C15H19N5OS/c1-8-17-14-10(3-2-4-12(14)22-8)18-15(21)13-9-5-6-16-7-11(9)19-20-13/h10,16H,2-7H2,1H3,(H,18,21)(H,19,20). The predicted molar refractivity (Wildman–Crippen MR) is 84.0 cm³/mol. The second kappa shape index (κ2) is 5.48. The Hall–Kier alpha value is -1.73. The highest BCUT2D eigenvalue weighted by molar-refractivity contribution is 7.11. The molecule has 0 aromatic carbocycles. The first kappa shape index (κ1) is 13.9. The normalized spacial score (nSPS) is 20.3. The molecule has 0 saturated carbocycles. The molecule has 0 spiro atoms. The molecular weight excluding hydrogens is 298 g/mol. The minimum absolute atomic E-state index is 0.0234. The van der Waals surface area contributed by atoms with Gasteiger partial charge in [-0.05, 0) is 39.2 Å². The van der Waals surface area contributed by atoms with Crippen molar-refractivity contribution in [2.24, 2.45) is 0 Å². The van der Waals surface area contributed by atoms with Gasteiger partial charge in [-0.25, -0.2) is 4.98 Å². The Bertz CT molecular complexity index is 720. The zero-order valence-electron chi connectivity index (χ0n) is 12.5. The van der Waals surface area contributed by atoms with Crippen LogP contribution in [0.25, 0.3) is 0 Å². The molecule has 6 nitrogen and oxygen atoms in total. The first-order valence-electron chi connectivity index (χ1n) is 7.76. The molecular formula is C15H19N5OS. The highest BCUT2D eigenvalue weighted by Crippen LogP contribution is 2.33. The number of H-pyrrole nitrogens is 1. The third-order valence-electron chi connectivity index (χ3n) is 4.39. The van der Waals surface area contributed by atoms with Crippen molar-refractivity contribution >= 4 is 17.2 Å². The van der Waals surface area contributed by atoms with E-state index in [1.54, 1.807) is 11.3 Å². The van der Waals surface area contributed by atoms with E-state index >= 15 is 0 Å². The summed E-state index contributed by atoms with van der Waals surface area (Å²) < 4.78 is 0. The smallest absolute Gasteiger partial charge is 0.272 e. The summed E-state index contributed by atoms with van der Waals surface area (Å²) in [5.74, 6) is -0.0806. The Morgan fingerprint density at radius 2 is 2.32 bits per heavy atom. The fourth-order valence-electron chi connectivity index (χ4n) is 3.34. The van der Waals surface area contributed by atoms with E-state index in [4.69, 9.17) is 0 Å². The summed E-state index contributed by atoms with van der Waals surface area (Å²) in [7, 11) is 0. The van der Waals surface area contributed by atoms with Crippen LogP contribution in [0, 0.1) is 6.92 Å². The molecule has 0 radical (unpaired) electrons. The molecule has 7 heteroatoms. The van der Waals surface area contributed by atoms with Crippen LogP contribution in [0.4, 0.5) is 0 Å². The molecule has 2 aliphatic rings. The van der Waals surface area contributed by atoms with E-state index in [-0.39, 0.29) is 11.9 Å². The quantitative estimate of drug-likeness (QED) is 0.786. The van der Waals surface area contributed by atoms with E-state index in [2.05, 4.69) is 25.8 Å². The molecule has 0 saturated heterocycles. The number of rotatable bonds is 2. The van der Waals surface area contributed by atoms with Crippen LogP contribution in [-0.4, -0.2) is 27.6 Å². The summed E-state index contributed by atoms with van der Waals surface area (Å²) in [5, 5.41) is 14.7. The van der Waals surface area contributed by atoms with Crippen molar-refractivity contribution in [3.8, 4) is 0 Å². The third kappa shape index (κ3) is 2.34. The average Bonchev–Trinajstić information content (AvgIpc) is 3.10. The lowest BCUT2D eigenvalue weighted by Crippen LogP contribution is -2.32. The van der Waals surface area contributed by atoms with Gasteiger partial charge in [-0.15, -0.1) is 11.3 Å². The molecule has 0 fully saturated rings. The van der Waals surface area contributed by atoms with Gasteiger partial charge in [0.1, 0.15) is 0 Å². The zero-order valence-corrected chi connectivity index (χ0v) is 13.3. The van der Waals surface area contributed by atoms with Crippen LogP contribution in [0.15, 0.2) is 0 Å². The minimum Gasteiger partial charge on any atom is -0.342 e. The maximum atomic E-state index is 12.6. The number of carbonyl (C=O) groups is 1. The van der Waals surface area contributed by atoms with Crippen molar-refractivity contribution in [2.45, 2.75) is 45.2 Å². The molecule has 22 heavy (non-hydrogen) atoms. The van der Waals surface area contributed by atoms with Crippen LogP contribution in [0.5, 0.6) is 0 Å². The predicted octanol–water partition coefficient (Wildman–Crippen LogP) is 1.63. The topological polar surface area (TPSA) is 82.7 Å². The van der Waals surface area contributed by atoms with Crippen molar-refractivity contribution in [1.82, 2.24) is 25.8 Å². The van der Waals surface area contributed by atoms with Crippen LogP contribution in [0.1, 0.15) is 56.2 Å². The van der Waals surface area contributed by atoms with Gasteiger partial charge in [0.05, 0.1) is 22.4 Å². The van der Waals surface area contributed by atoms with Crippen molar-refractivity contribution in [2.75, 3.05) is 6.54 Å². The number of aromatic nitrogens is 3. The molecule has 2 aromatic heterocycles. The first-order valence-corrected chi connectivity index (χ1v) is 8.58. The largest absolute Gasteiger partial charge is 0.342 e. The van der Waals surface area contributed by atoms with E-state index in [0.29, 0.717) is 5.69 Å². The van der Waals surface area contributed by atoms with Gasteiger partial charge in [0.15, 0.2) is 5.69 Å². The van der Waals surface area contributed by atoms with E-state index in [9.17, 15) is 4.79 Å². The molecule has 1 atom stereocenters. The molecule has 116 valence electrons. The number of nitrogens with one attached hydrogen (secondary N) is 3. The van der Waals surface area contributed by atoms with Crippen molar-refractivity contribution in [3.05, 3.63) is 32.5 Å². The van der Waals surface area contributed by atoms with E-state index in [1.807, 2.05) is 6.92 Å². The van der Waals surface area contributed by atoms with Crippen LogP contribution in [-0.2, 0) is 19.4 Å². The van der Waals surface area contributed by atoms with Crippen molar-refractivity contribution in [3.63, 3.8) is 0 Å². The second-order valence-corrected chi connectivity index (χ2v) is 7.20. The number of thiazole rings is 1. The maximum Gasteiger partial charge on any atom is 0.272 e. The monoisotopic (exact) mass is 317 g/mol. The molecule has 2 aromatic rings. The van der Waals surface area contributed by atoms with E-state index < -0.39 is 0 Å². The Labute approximate surface area is 132 Å². The minimum atomic E-state index is -0.0806. The fraction of sp³-hybridized carbons (Fsp3) is 0.533. The summed E-state index contributed by atoms with van der Waals surface area (Å²) in [6, 6.07) is 0.0234. The van der Waals surface area contributed by atoms with Gasteiger partial charge in [0, 0.05) is 17.0 Å². The Kier molecular flexibility index (Phi) is 3.46. The Balaban J connectivity index is 1.57. The Morgan fingerprint density at radius 3 is 3.23 bits per heavy atom. The van der Waals surface area contributed by atoms with Gasteiger partial charge in [-0.1, -0.05) is 0 Å². The average molecular weight is 317 g/mol. The summed E-state index contributed by atoms with van der Waals surface area (Å²) in [6.07, 6.45) is 3.98. The van der Waals surface area contributed by atoms with Gasteiger partial charge in [0.25, 0.3) is 5.91 Å². The van der Waals surface area contributed by atoms with E-state index in [1.165, 1.54) is 4.88 Å². The SMILES string of the molecule is Cc1nc2c(s1)CCCC2NC(=O)c1n[nH]c2c1CCNC2. The fourth-order valence-corrected chi connectivity index (χ4v) is 4.38. The lowest BCUT2D eigenvalue weighted by molar-refractivity contribution is 0.0926. The van der Waals surface area contributed by atoms with Gasteiger partial charge >= 0.3 is 0 Å². The highest BCUT2D eigenvalue weighted by Gasteiger charge is 2.28. The second-order valence-electron chi connectivity index (χ2n) is 5.92. The molecule has 1 aliphatic heterocycles. The third-order valence-corrected chi connectivity index (χ3v) is 5.43. The number of aromatic amines is 1. The van der Waals surface area contributed by atoms with Crippen LogP contribution in [0.2, 0.25) is 0 Å². The summed E-state index contributed by atoms with van der Waals surface area (Å²) in [5.41, 5.74) is 3.70. The number of fused-ring (bicyclic) bond motifs is 2. The molecule has 1 amide bonds. The van der Waals surface area contributed by atoms with Crippen molar-refractivity contribution in [1.29, 1.82) is 0 Å². The van der Waals surface area contributed by atoms with E-state index in [0.717, 1.165) is 60.7 Å². The van der Waals surface area contributed by atoms with Crippen molar-refractivity contribution < 1.29 is 4.79 Å². The summed E-state index contributed by atoms with van der Waals surface area (Å²) in [4.78, 5) is 18.6. The first-order chi connectivity index (χ1) is 10.7. The molecule has 3 heterocycles. The summed E-state index contributed by atoms with van der Waals surface area (Å²) >= 11 is 1.75. The van der Waals surface area contributed by atoms with Gasteiger partial charge < -0.3 is 10.6 Å². The lowest BCUT2D eigenvalue weighted by Gasteiger charge is -2.22. The molecule has 1 aliphatic carbocycles. The lowest BCUT2D eigenvalue weighted by atomic mass is 9.97. The van der Waals surface area contributed by atoms with Gasteiger partial charge in [0.2, 0.25) is 0 Å². The maximum absolute atomic E-state index is 12.6. The molecule has 4 rings (SSSR count). The van der Waals surface area contributed by atoms with Gasteiger partial charge in [-0.3, -0.25) is 9.89 Å². The molecule has 3 N–H and O–H groups in total. The number of carbonyl (C=O) groups excluding carboxylic acids is 1. The number of hydrogen-bond donors (Lipinski definition) is 3. The van der Waals surface area contributed by atoms with Crippen LogP contribution < -0.4 is 10.6 Å². The zero-order chi connectivity index (χ0) is 15.1. The van der Waals surface area contributed by atoms with Crippen LogP contribution in [0.3, 0.4) is 0 Å². The number of hydrogen-bond acceptors (Lipinski definition) is 5. The Morgan fingerprint density at radius 1 is 1.41 bits per heavy atom. The van der Waals surface area contributed by atoms with Crippen LogP contribution >= 0.6 is 11.3 Å². The summed E-state index contributed by atoms with van der Waals surface area (Å²) in [6.45, 7) is 3.68.